The quantitative estimate of drug-likeness (QED) is 0.395. The zero-order chi connectivity index (χ0) is 21.6. The van der Waals surface area contributed by atoms with E-state index in [4.69, 9.17) is 16.2 Å². The molecule has 1 fully saturated rings. The number of carbonyl (C=O) groups excluding carboxylic acids is 1. The number of ether oxygens (including phenoxy) is 1. The minimum absolute atomic E-state index is 0.439. The topological polar surface area (TPSA) is 84.8 Å². The summed E-state index contributed by atoms with van der Waals surface area (Å²) in [5, 5.41) is 3.55. The smallest absolute Gasteiger partial charge is 0.248 e. The van der Waals surface area contributed by atoms with Gasteiger partial charge in [0.2, 0.25) is 5.91 Å². The van der Waals surface area contributed by atoms with E-state index in [0.717, 1.165) is 57.7 Å². The van der Waals surface area contributed by atoms with Crippen molar-refractivity contribution in [3.05, 3.63) is 59.0 Å². The molecule has 0 radical (unpaired) electrons. The van der Waals surface area contributed by atoms with Crippen molar-refractivity contribution in [3.8, 4) is 0 Å². The van der Waals surface area contributed by atoms with Crippen molar-refractivity contribution in [1.82, 2.24) is 4.90 Å². The molecular formula is C24H30N4O2S. The van der Waals surface area contributed by atoms with Crippen molar-refractivity contribution in [3.63, 3.8) is 0 Å². The SMILES string of the molecule is NC(=O)c1ccc(CCOCCCN2CCN(c3cccc4sccc34)CC2)c(N)c1. The highest BCUT2D eigenvalue weighted by atomic mass is 32.1. The van der Waals surface area contributed by atoms with Gasteiger partial charge in [0.05, 0.1) is 6.61 Å². The van der Waals surface area contributed by atoms with Gasteiger partial charge in [-0.1, -0.05) is 12.1 Å². The first kappa shape index (κ1) is 21.6. The van der Waals surface area contributed by atoms with Crippen LogP contribution in [0.25, 0.3) is 10.1 Å². The maximum absolute atomic E-state index is 11.2. The van der Waals surface area contributed by atoms with Crippen LogP contribution in [0.3, 0.4) is 0 Å². The third-order valence-corrected chi connectivity index (χ3v) is 6.78. The Morgan fingerprint density at radius 3 is 2.68 bits per heavy atom. The third-order valence-electron chi connectivity index (χ3n) is 5.89. The van der Waals surface area contributed by atoms with Crippen molar-refractivity contribution in [1.29, 1.82) is 0 Å². The molecule has 0 saturated carbocycles. The average molecular weight is 439 g/mol. The summed E-state index contributed by atoms with van der Waals surface area (Å²) in [5.74, 6) is -0.459. The molecule has 1 saturated heterocycles. The second kappa shape index (κ2) is 10.1. The van der Waals surface area contributed by atoms with Crippen molar-refractivity contribution in [2.45, 2.75) is 12.8 Å². The fourth-order valence-corrected chi connectivity index (χ4v) is 4.92. The third kappa shape index (κ3) is 5.36. The summed E-state index contributed by atoms with van der Waals surface area (Å²) < 4.78 is 7.17. The average Bonchev–Trinajstić information content (AvgIpc) is 3.26. The number of amides is 1. The van der Waals surface area contributed by atoms with Crippen molar-refractivity contribution in [2.24, 2.45) is 5.73 Å². The first-order valence-corrected chi connectivity index (χ1v) is 11.7. The zero-order valence-corrected chi connectivity index (χ0v) is 18.6. The molecule has 1 amide bonds. The molecule has 7 heteroatoms. The van der Waals surface area contributed by atoms with E-state index in [0.29, 0.717) is 17.9 Å². The van der Waals surface area contributed by atoms with Crippen LogP contribution in [0.15, 0.2) is 47.8 Å². The number of nitrogens with zero attached hydrogens (tertiary/aromatic N) is 2. The van der Waals surface area contributed by atoms with Crippen LogP contribution < -0.4 is 16.4 Å². The Morgan fingerprint density at radius 1 is 1.06 bits per heavy atom. The first-order chi connectivity index (χ1) is 15.1. The molecule has 0 atom stereocenters. The molecule has 3 aromatic rings. The minimum Gasteiger partial charge on any atom is -0.398 e. The normalized spacial score (nSPS) is 14.9. The Bertz CT molecular complexity index is 1030. The Morgan fingerprint density at radius 2 is 1.90 bits per heavy atom. The predicted molar refractivity (Wildman–Crippen MR) is 129 cm³/mol. The number of carbonyl (C=O) groups is 1. The molecule has 0 spiro atoms. The highest BCUT2D eigenvalue weighted by molar-refractivity contribution is 7.17. The number of thiophene rings is 1. The van der Waals surface area contributed by atoms with Gasteiger partial charge >= 0.3 is 0 Å². The maximum atomic E-state index is 11.2. The predicted octanol–water partition coefficient (Wildman–Crippen LogP) is 3.35. The monoisotopic (exact) mass is 438 g/mol. The summed E-state index contributed by atoms with van der Waals surface area (Å²) in [5.41, 5.74) is 14.7. The van der Waals surface area contributed by atoms with Gasteiger partial charge in [-0.2, -0.15) is 0 Å². The van der Waals surface area contributed by atoms with Gasteiger partial charge in [-0.3, -0.25) is 9.69 Å². The Hall–Kier alpha value is -2.61. The van der Waals surface area contributed by atoms with Gasteiger partial charge < -0.3 is 21.1 Å². The van der Waals surface area contributed by atoms with Crippen LogP contribution in [0.2, 0.25) is 0 Å². The Balaban J connectivity index is 1.14. The minimum atomic E-state index is -0.459. The van der Waals surface area contributed by atoms with Crippen molar-refractivity contribution >= 4 is 38.7 Å². The molecule has 1 aromatic heterocycles. The van der Waals surface area contributed by atoms with Crippen molar-refractivity contribution in [2.75, 3.05) is 56.6 Å². The number of nitrogen functional groups attached to an aromatic ring is 1. The molecule has 2 aromatic carbocycles. The van der Waals surface area contributed by atoms with Gasteiger partial charge in [-0.05, 0) is 54.1 Å². The lowest BCUT2D eigenvalue weighted by Gasteiger charge is -2.36. The number of hydrogen-bond acceptors (Lipinski definition) is 6. The second-order valence-electron chi connectivity index (χ2n) is 7.93. The molecule has 4 N–H and O–H groups in total. The second-order valence-corrected chi connectivity index (χ2v) is 8.88. The molecular weight excluding hydrogens is 408 g/mol. The fraction of sp³-hybridized carbons (Fsp3) is 0.375. The Labute approximate surface area is 187 Å². The number of hydrogen-bond donors (Lipinski definition) is 2. The standard InChI is InChI=1S/C24H30N4O2S/c25-21-17-19(24(26)29)6-5-18(21)7-15-30-14-2-9-27-10-12-28(13-11-27)22-3-1-4-23-20(22)8-16-31-23/h1,3-6,8,16-17H,2,7,9-15,25H2,(H2,26,29). The summed E-state index contributed by atoms with van der Waals surface area (Å²) >= 11 is 1.81. The van der Waals surface area contributed by atoms with Crippen LogP contribution in [-0.4, -0.2) is 56.7 Å². The summed E-state index contributed by atoms with van der Waals surface area (Å²) in [6.07, 6.45) is 1.76. The van der Waals surface area contributed by atoms with E-state index >= 15 is 0 Å². The number of nitrogens with two attached hydrogens (primary N) is 2. The summed E-state index contributed by atoms with van der Waals surface area (Å²) in [6, 6.07) is 14.0. The number of primary amides is 1. The number of rotatable bonds is 9. The van der Waals surface area contributed by atoms with E-state index in [-0.39, 0.29) is 0 Å². The van der Waals surface area contributed by atoms with E-state index < -0.39 is 5.91 Å². The molecule has 0 unspecified atom stereocenters. The van der Waals surface area contributed by atoms with E-state index in [9.17, 15) is 4.79 Å². The van der Waals surface area contributed by atoms with Gasteiger partial charge in [-0.25, -0.2) is 0 Å². The molecule has 1 aliphatic rings. The van der Waals surface area contributed by atoms with E-state index in [1.54, 1.807) is 12.1 Å². The maximum Gasteiger partial charge on any atom is 0.248 e. The number of fused-ring (bicyclic) bond motifs is 1. The molecule has 1 aliphatic heterocycles. The van der Waals surface area contributed by atoms with Crippen LogP contribution in [0, 0.1) is 0 Å². The van der Waals surface area contributed by atoms with Gasteiger partial charge in [0.15, 0.2) is 0 Å². The van der Waals surface area contributed by atoms with Gasteiger partial charge in [0.25, 0.3) is 0 Å². The lowest BCUT2D eigenvalue weighted by molar-refractivity contribution is 0.100. The molecule has 6 nitrogen and oxygen atoms in total. The molecule has 2 heterocycles. The van der Waals surface area contributed by atoms with Crippen LogP contribution in [0.5, 0.6) is 0 Å². The summed E-state index contributed by atoms with van der Waals surface area (Å²) in [7, 11) is 0. The lowest BCUT2D eigenvalue weighted by atomic mass is 10.1. The number of piperazine rings is 1. The zero-order valence-electron chi connectivity index (χ0n) is 17.8. The van der Waals surface area contributed by atoms with Crippen molar-refractivity contribution < 1.29 is 9.53 Å². The number of benzene rings is 2. The van der Waals surface area contributed by atoms with Crippen LogP contribution >= 0.6 is 11.3 Å². The van der Waals surface area contributed by atoms with E-state index in [1.807, 2.05) is 17.4 Å². The summed E-state index contributed by atoms with van der Waals surface area (Å²) in [4.78, 5) is 16.2. The Kier molecular flexibility index (Phi) is 7.06. The highest BCUT2D eigenvalue weighted by Crippen LogP contribution is 2.31. The molecule has 4 rings (SSSR count). The van der Waals surface area contributed by atoms with Gasteiger partial charge in [0, 0.05) is 66.4 Å². The molecule has 31 heavy (non-hydrogen) atoms. The molecule has 0 aliphatic carbocycles. The van der Waals surface area contributed by atoms with Crippen LogP contribution in [-0.2, 0) is 11.2 Å². The van der Waals surface area contributed by atoms with E-state index in [1.165, 1.54) is 15.8 Å². The highest BCUT2D eigenvalue weighted by Gasteiger charge is 2.18. The first-order valence-electron chi connectivity index (χ1n) is 10.8. The van der Waals surface area contributed by atoms with E-state index in [2.05, 4.69) is 39.4 Å². The van der Waals surface area contributed by atoms with Crippen LogP contribution in [0.4, 0.5) is 11.4 Å². The molecule has 0 bridgehead atoms. The van der Waals surface area contributed by atoms with Gasteiger partial charge in [-0.15, -0.1) is 11.3 Å². The fourth-order valence-electron chi connectivity index (χ4n) is 4.12. The molecule has 164 valence electrons. The summed E-state index contributed by atoms with van der Waals surface area (Å²) in [6.45, 7) is 6.73. The largest absolute Gasteiger partial charge is 0.398 e. The van der Waals surface area contributed by atoms with Gasteiger partial charge in [0.1, 0.15) is 0 Å². The lowest BCUT2D eigenvalue weighted by Crippen LogP contribution is -2.46. The number of anilines is 2. The van der Waals surface area contributed by atoms with Crippen LogP contribution in [0.1, 0.15) is 22.3 Å².